The summed E-state index contributed by atoms with van der Waals surface area (Å²) < 4.78 is 0. The maximum atomic E-state index is 2.48. The maximum absolute atomic E-state index is 2.48. The molecular formula is C53H48. The van der Waals surface area contributed by atoms with E-state index in [0.717, 1.165) is 25.7 Å². The summed E-state index contributed by atoms with van der Waals surface area (Å²) in [6, 6.07) is 53.1. The van der Waals surface area contributed by atoms with Gasteiger partial charge in [0, 0.05) is 11.8 Å². The van der Waals surface area contributed by atoms with Crippen LogP contribution in [0.25, 0.3) is 39.0 Å². The minimum Gasteiger partial charge on any atom is -0.0836 e. The summed E-state index contributed by atoms with van der Waals surface area (Å²) in [5, 5.41) is 0. The first kappa shape index (κ1) is 34.4. The van der Waals surface area contributed by atoms with Crippen LogP contribution in [0.2, 0.25) is 0 Å². The lowest BCUT2D eigenvalue weighted by molar-refractivity contribution is 0.780. The number of benzene rings is 6. The van der Waals surface area contributed by atoms with Crippen molar-refractivity contribution in [2.75, 3.05) is 0 Å². The van der Waals surface area contributed by atoms with Gasteiger partial charge in [-0.3, -0.25) is 0 Å². The van der Waals surface area contributed by atoms with E-state index in [1.165, 1.54) is 72.3 Å². The fourth-order valence-electron chi connectivity index (χ4n) is 8.36. The van der Waals surface area contributed by atoms with Crippen molar-refractivity contribution in [2.45, 2.75) is 58.3 Å². The van der Waals surface area contributed by atoms with Crippen LogP contribution in [0, 0.1) is 13.8 Å². The Morgan fingerprint density at radius 2 is 1.17 bits per heavy atom. The van der Waals surface area contributed by atoms with Crippen LogP contribution < -0.4 is 0 Å². The van der Waals surface area contributed by atoms with E-state index in [0.29, 0.717) is 11.8 Å². The highest BCUT2D eigenvalue weighted by Crippen LogP contribution is 2.50. The van der Waals surface area contributed by atoms with E-state index in [9.17, 15) is 0 Å². The first-order valence-corrected chi connectivity index (χ1v) is 19.3. The lowest BCUT2D eigenvalue weighted by Crippen LogP contribution is -2.01. The second-order valence-corrected chi connectivity index (χ2v) is 14.9. The van der Waals surface area contributed by atoms with Crippen LogP contribution in [0.5, 0.6) is 0 Å². The zero-order chi connectivity index (χ0) is 36.1. The number of hydrogen-bond acceptors (Lipinski definition) is 0. The number of fused-ring (bicyclic) bond motifs is 3. The van der Waals surface area contributed by atoms with Gasteiger partial charge >= 0.3 is 0 Å². The number of hydrogen-bond donors (Lipinski definition) is 0. The molecule has 0 heteroatoms. The van der Waals surface area contributed by atoms with Crippen molar-refractivity contribution in [3.05, 3.63) is 220 Å². The molecule has 2 unspecified atom stereocenters. The third-order valence-corrected chi connectivity index (χ3v) is 11.4. The van der Waals surface area contributed by atoms with E-state index in [-0.39, 0.29) is 0 Å². The zero-order valence-electron chi connectivity index (χ0n) is 31.2. The Morgan fingerprint density at radius 3 is 1.87 bits per heavy atom. The summed E-state index contributed by atoms with van der Waals surface area (Å²) in [5.41, 5.74) is 20.8. The fourth-order valence-corrected chi connectivity index (χ4v) is 8.36. The Kier molecular flexibility index (Phi) is 10.0. The average molecular weight is 685 g/mol. The Bertz CT molecular complexity index is 2330. The molecule has 0 N–H and O–H groups in total. The van der Waals surface area contributed by atoms with E-state index in [2.05, 4.69) is 191 Å². The summed E-state index contributed by atoms with van der Waals surface area (Å²) in [6.45, 7) is 6.73. The van der Waals surface area contributed by atoms with Gasteiger partial charge in [-0.05, 0) is 112 Å². The second kappa shape index (κ2) is 15.5. The summed E-state index contributed by atoms with van der Waals surface area (Å²) in [5.74, 6) is 1.07. The van der Waals surface area contributed by atoms with E-state index < -0.39 is 0 Å². The van der Waals surface area contributed by atoms with Gasteiger partial charge in [0.25, 0.3) is 0 Å². The van der Waals surface area contributed by atoms with Gasteiger partial charge in [0.1, 0.15) is 0 Å². The molecule has 0 nitrogen and oxygen atoms in total. The highest BCUT2D eigenvalue weighted by Gasteiger charge is 2.33. The van der Waals surface area contributed by atoms with Crippen molar-refractivity contribution in [1.82, 2.24) is 0 Å². The first-order chi connectivity index (χ1) is 26.0. The van der Waals surface area contributed by atoms with Gasteiger partial charge in [0.15, 0.2) is 0 Å². The highest BCUT2D eigenvalue weighted by molar-refractivity contribution is 5.83. The van der Waals surface area contributed by atoms with Crippen molar-refractivity contribution >= 4 is 5.57 Å². The molecule has 0 radical (unpaired) electrons. The van der Waals surface area contributed by atoms with Crippen molar-refractivity contribution in [3.63, 3.8) is 0 Å². The fraction of sp³-hybridized carbons (Fsp3) is 0.170. The Hall–Kier alpha value is -5.72. The van der Waals surface area contributed by atoms with Crippen molar-refractivity contribution < 1.29 is 0 Å². The normalized spacial score (nSPS) is 17.1. The molecule has 0 aliphatic heterocycles. The summed E-state index contributed by atoms with van der Waals surface area (Å²) in [6.07, 6.45) is 16.0. The first-order valence-electron chi connectivity index (χ1n) is 19.3. The molecule has 3 aliphatic carbocycles. The molecule has 9 rings (SSSR count). The van der Waals surface area contributed by atoms with Gasteiger partial charge < -0.3 is 0 Å². The Morgan fingerprint density at radius 1 is 0.566 bits per heavy atom. The molecular weight excluding hydrogens is 637 g/mol. The molecule has 0 saturated heterocycles. The van der Waals surface area contributed by atoms with E-state index in [1.807, 2.05) is 6.07 Å². The molecule has 53 heavy (non-hydrogen) atoms. The molecule has 0 fully saturated rings. The molecule has 0 amide bonds. The minimum atomic E-state index is 0.523. The largest absolute Gasteiger partial charge is 0.0836 e. The van der Waals surface area contributed by atoms with Crippen LogP contribution in [0.1, 0.15) is 71.4 Å². The van der Waals surface area contributed by atoms with Crippen LogP contribution in [0.4, 0.5) is 0 Å². The van der Waals surface area contributed by atoms with Gasteiger partial charge in [-0.25, -0.2) is 0 Å². The quantitative estimate of drug-likeness (QED) is 0.164. The predicted molar refractivity (Wildman–Crippen MR) is 227 cm³/mol. The van der Waals surface area contributed by atoms with E-state index in [4.69, 9.17) is 0 Å². The topological polar surface area (TPSA) is 0 Å². The summed E-state index contributed by atoms with van der Waals surface area (Å²) >= 11 is 0. The van der Waals surface area contributed by atoms with Crippen LogP contribution in [0.15, 0.2) is 187 Å². The molecule has 3 aliphatic rings. The van der Waals surface area contributed by atoms with Crippen LogP contribution in [-0.2, 0) is 6.42 Å². The molecule has 0 spiro atoms. The molecule has 0 aromatic heterocycles. The number of allylic oxidation sites excluding steroid dienone is 8. The predicted octanol–water partition coefficient (Wildman–Crippen LogP) is 14.4. The van der Waals surface area contributed by atoms with Gasteiger partial charge in [-0.1, -0.05) is 194 Å². The second-order valence-electron chi connectivity index (χ2n) is 14.9. The SMILES string of the molecule is Cc1ccc(-c2ccc3c(c2)C2CC=CC=C2C3C)cc1C1=C(Cc2ccc(-c3ccccc3)cc2)CCC=C1.Cc1ccc(-c2ccccc2)cc1. The smallest absolute Gasteiger partial charge is 0.00950 e. The Labute approximate surface area is 316 Å². The molecule has 2 atom stereocenters. The highest BCUT2D eigenvalue weighted by atomic mass is 14.4. The van der Waals surface area contributed by atoms with Crippen LogP contribution in [0.3, 0.4) is 0 Å². The molecule has 0 heterocycles. The van der Waals surface area contributed by atoms with Gasteiger partial charge in [0.05, 0.1) is 0 Å². The third kappa shape index (κ3) is 7.46. The molecule has 0 saturated carbocycles. The van der Waals surface area contributed by atoms with Crippen LogP contribution >= 0.6 is 0 Å². The molecule has 6 aromatic rings. The summed E-state index contributed by atoms with van der Waals surface area (Å²) in [4.78, 5) is 0. The van der Waals surface area contributed by atoms with Crippen LogP contribution in [-0.4, -0.2) is 0 Å². The lowest BCUT2D eigenvalue weighted by Gasteiger charge is -2.20. The number of rotatable bonds is 6. The molecule has 260 valence electrons. The zero-order valence-corrected chi connectivity index (χ0v) is 31.2. The van der Waals surface area contributed by atoms with Gasteiger partial charge in [0.2, 0.25) is 0 Å². The molecule has 0 bridgehead atoms. The van der Waals surface area contributed by atoms with Crippen molar-refractivity contribution in [1.29, 1.82) is 0 Å². The maximum Gasteiger partial charge on any atom is 0.00950 e. The standard InChI is InChI=1S/C40H36.C13H12/c1-27-16-19-32(33-22-23-36-28(2)35-13-8-9-15-38(35)40(36)26-33)25-39(27)37-14-7-6-12-34(37)24-29-17-20-31(21-18-29)30-10-4-3-5-11-30;1-11-7-9-13(10-8-11)12-5-3-2-4-6-12/h3-5,7-11,13-14,16-23,25-26,28,38H,6,12,15,24H2,1-2H3;2-10H,1H3. The van der Waals surface area contributed by atoms with Crippen molar-refractivity contribution in [3.8, 4) is 33.4 Å². The van der Waals surface area contributed by atoms with Gasteiger partial charge in [-0.15, -0.1) is 0 Å². The lowest BCUT2D eigenvalue weighted by atomic mass is 9.85. The monoisotopic (exact) mass is 684 g/mol. The van der Waals surface area contributed by atoms with E-state index in [1.54, 1.807) is 11.1 Å². The Balaban J connectivity index is 0.000000259. The third-order valence-electron chi connectivity index (χ3n) is 11.4. The average Bonchev–Trinajstić information content (AvgIpc) is 3.50. The van der Waals surface area contributed by atoms with Gasteiger partial charge in [-0.2, -0.15) is 0 Å². The minimum absolute atomic E-state index is 0.523. The molecule has 6 aromatic carbocycles. The number of aryl methyl sites for hydroxylation is 2. The summed E-state index contributed by atoms with van der Waals surface area (Å²) in [7, 11) is 0. The van der Waals surface area contributed by atoms with E-state index >= 15 is 0 Å². The van der Waals surface area contributed by atoms with Crippen molar-refractivity contribution in [2.24, 2.45) is 0 Å².